The summed E-state index contributed by atoms with van der Waals surface area (Å²) in [5.74, 6) is 1.97. The number of fused-ring (bicyclic) bond motifs is 4. The summed E-state index contributed by atoms with van der Waals surface area (Å²) in [6, 6.07) is 38.8. The summed E-state index contributed by atoms with van der Waals surface area (Å²) in [5, 5.41) is 4.45. The van der Waals surface area contributed by atoms with Gasteiger partial charge in [-0.1, -0.05) is 91.0 Å². The molecule has 0 amide bonds. The summed E-state index contributed by atoms with van der Waals surface area (Å²) in [6.45, 7) is 0. The van der Waals surface area contributed by atoms with Gasteiger partial charge in [0.25, 0.3) is 0 Å². The zero-order chi connectivity index (χ0) is 23.2. The molecule has 2 heterocycles. The lowest BCUT2D eigenvalue weighted by atomic mass is 10.0. The Balaban J connectivity index is 1.43. The fraction of sp³-hybridized carbons (Fsp3) is 0. The van der Waals surface area contributed by atoms with Gasteiger partial charge in [-0.15, -0.1) is 0 Å². The molecule has 0 fully saturated rings. The number of hydrogen-bond donors (Lipinski definition) is 0. The third-order valence-corrected chi connectivity index (χ3v) is 6.29. The summed E-state index contributed by atoms with van der Waals surface area (Å²) >= 11 is 0. The van der Waals surface area contributed by atoms with Crippen molar-refractivity contribution in [2.45, 2.75) is 0 Å². The molecule has 0 spiro atoms. The second-order valence-corrected chi connectivity index (χ2v) is 8.55. The molecule has 5 aromatic carbocycles. The van der Waals surface area contributed by atoms with Gasteiger partial charge in [-0.25, -0.2) is 15.0 Å². The van der Waals surface area contributed by atoms with E-state index in [0.717, 1.165) is 49.4 Å². The van der Waals surface area contributed by atoms with E-state index in [1.807, 2.05) is 78.9 Å². The van der Waals surface area contributed by atoms with Crippen molar-refractivity contribution in [1.82, 2.24) is 15.0 Å². The first kappa shape index (κ1) is 19.6. The van der Waals surface area contributed by atoms with Gasteiger partial charge in [-0.05, 0) is 35.0 Å². The molecule has 164 valence electrons. The van der Waals surface area contributed by atoms with E-state index < -0.39 is 0 Å². The molecular formula is C31H19N3O. The lowest BCUT2D eigenvalue weighted by Crippen LogP contribution is -2.00. The van der Waals surface area contributed by atoms with Crippen molar-refractivity contribution in [2.75, 3.05) is 0 Å². The smallest absolute Gasteiger partial charge is 0.164 e. The molecule has 0 N–H and O–H groups in total. The van der Waals surface area contributed by atoms with E-state index in [0.29, 0.717) is 17.5 Å². The molecule has 2 aromatic heterocycles. The lowest BCUT2D eigenvalue weighted by molar-refractivity contribution is 0.669. The zero-order valence-corrected chi connectivity index (χ0v) is 18.7. The van der Waals surface area contributed by atoms with E-state index in [-0.39, 0.29) is 0 Å². The van der Waals surface area contributed by atoms with Gasteiger partial charge in [0.15, 0.2) is 17.5 Å². The van der Waals surface area contributed by atoms with Crippen LogP contribution in [-0.4, -0.2) is 15.0 Å². The van der Waals surface area contributed by atoms with Crippen LogP contribution in [-0.2, 0) is 0 Å². The summed E-state index contributed by atoms with van der Waals surface area (Å²) < 4.78 is 6.07. The fourth-order valence-electron chi connectivity index (χ4n) is 4.55. The number of rotatable bonds is 3. The van der Waals surface area contributed by atoms with Gasteiger partial charge >= 0.3 is 0 Å². The molecule has 0 aliphatic heterocycles. The molecule has 0 saturated heterocycles. The Hall–Kier alpha value is -4.83. The Bertz CT molecular complexity index is 1780. The lowest BCUT2D eigenvalue weighted by Gasteiger charge is -2.09. The fourth-order valence-corrected chi connectivity index (χ4v) is 4.55. The Labute approximate surface area is 201 Å². The van der Waals surface area contributed by atoms with Gasteiger partial charge < -0.3 is 4.42 Å². The van der Waals surface area contributed by atoms with Crippen molar-refractivity contribution in [2.24, 2.45) is 0 Å². The number of aromatic nitrogens is 3. The highest BCUT2D eigenvalue weighted by Gasteiger charge is 2.13. The molecule has 0 bridgehead atoms. The molecule has 7 aromatic rings. The summed E-state index contributed by atoms with van der Waals surface area (Å²) in [6.07, 6.45) is 0. The van der Waals surface area contributed by atoms with Crippen molar-refractivity contribution in [1.29, 1.82) is 0 Å². The number of furan rings is 1. The molecule has 4 nitrogen and oxygen atoms in total. The van der Waals surface area contributed by atoms with Crippen molar-refractivity contribution in [3.63, 3.8) is 0 Å². The van der Waals surface area contributed by atoms with Crippen molar-refractivity contribution in [3.8, 4) is 34.2 Å². The number of benzene rings is 5. The highest BCUT2D eigenvalue weighted by atomic mass is 16.3. The second kappa shape index (κ2) is 7.89. The maximum Gasteiger partial charge on any atom is 0.164 e. The molecule has 35 heavy (non-hydrogen) atoms. The Morgan fingerprint density at radius 2 is 1.00 bits per heavy atom. The van der Waals surface area contributed by atoms with Crippen LogP contribution in [0.5, 0.6) is 0 Å². The van der Waals surface area contributed by atoms with Crippen LogP contribution in [0.1, 0.15) is 0 Å². The van der Waals surface area contributed by atoms with E-state index in [2.05, 4.69) is 36.4 Å². The minimum Gasteiger partial charge on any atom is -0.456 e. The van der Waals surface area contributed by atoms with E-state index in [4.69, 9.17) is 19.4 Å². The molecule has 0 atom stereocenters. The third kappa shape index (κ3) is 3.44. The van der Waals surface area contributed by atoms with Gasteiger partial charge in [0.1, 0.15) is 11.2 Å². The van der Waals surface area contributed by atoms with Crippen LogP contribution in [0.2, 0.25) is 0 Å². The normalized spacial score (nSPS) is 11.4. The number of para-hydroxylation sites is 1. The standard InChI is InChI=1S/C31H19N3O/c1-3-9-20(10-4-1)29-32-30(21-11-5-2-6-12-21)34-31(33-29)23-16-15-22-19-28-26(18-24(22)17-23)25-13-7-8-14-27(25)35-28/h1-19H. The summed E-state index contributed by atoms with van der Waals surface area (Å²) in [5.41, 5.74) is 4.66. The topological polar surface area (TPSA) is 51.8 Å². The van der Waals surface area contributed by atoms with Crippen LogP contribution in [0.3, 0.4) is 0 Å². The minimum absolute atomic E-state index is 0.650. The van der Waals surface area contributed by atoms with Crippen LogP contribution >= 0.6 is 0 Å². The van der Waals surface area contributed by atoms with Gasteiger partial charge in [0.05, 0.1) is 0 Å². The highest BCUT2D eigenvalue weighted by Crippen LogP contribution is 2.34. The van der Waals surface area contributed by atoms with Gasteiger partial charge in [-0.3, -0.25) is 0 Å². The molecule has 0 saturated carbocycles. The van der Waals surface area contributed by atoms with Crippen molar-refractivity contribution in [3.05, 3.63) is 115 Å². The molecular weight excluding hydrogens is 430 g/mol. The molecule has 0 unspecified atom stereocenters. The van der Waals surface area contributed by atoms with Gasteiger partial charge in [0, 0.05) is 27.5 Å². The molecule has 0 aliphatic carbocycles. The monoisotopic (exact) mass is 449 g/mol. The molecule has 4 heteroatoms. The van der Waals surface area contributed by atoms with Crippen LogP contribution in [0, 0.1) is 0 Å². The first-order chi connectivity index (χ1) is 17.3. The third-order valence-electron chi connectivity index (χ3n) is 6.29. The largest absolute Gasteiger partial charge is 0.456 e. The van der Waals surface area contributed by atoms with Crippen LogP contribution in [0.4, 0.5) is 0 Å². The van der Waals surface area contributed by atoms with E-state index in [9.17, 15) is 0 Å². The maximum atomic E-state index is 6.07. The predicted octanol–water partition coefficient (Wildman–Crippen LogP) is 7.93. The number of hydrogen-bond acceptors (Lipinski definition) is 4. The molecule has 7 rings (SSSR count). The summed E-state index contributed by atoms with van der Waals surface area (Å²) in [4.78, 5) is 14.5. The molecule has 0 radical (unpaired) electrons. The summed E-state index contributed by atoms with van der Waals surface area (Å²) in [7, 11) is 0. The highest BCUT2D eigenvalue weighted by molar-refractivity contribution is 6.10. The van der Waals surface area contributed by atoms with Crippen molar-refractivity contribution < 1.29 is 4.42 Å². The Morgan fingerprint density at radius 1 is 0.400 bits per heavy atom. The van der Waals surface area contributed by atoms with Gasteiger partial charge in [-0.2, -0.15) is 0 Å². The second-order valence-electron chi connectivity index (χ2n) is 8.55. The minimum atomic E-state index is 0.650. The average Bonchev–Trinajstić information content (AvgIpc) is 3.29. The quantitative estimate of drug-likeness (QED) is 0.275. The van der Waals surface area contributed by atoms with E-state index >= 15 is 0 Å². The number of nitrogens with zero attached hydrogens (tertiary/aromatic N) is 3. The SMILES string of the molecule is c1ccc(-c2nc(-c3ccccc3)nc(-c3ccc4cc5oc6ccccc6c5cc4c3)n2)cc1. The van der Waals surface area contributed by atoms with Crippen LogP contribution in [0.25, 0.3) is 66.9 Å². The van der Waals surface area contributed by atoms with Crippen LogP contribution in [0.15, 0.2) is 120 Å². The van der Waals surface area contributed by atoms with E-state index in [1.54, 1.807) is 0 Å². The van der Waals surface area contributed by atoms with Crippen molar-refractivity contribution >= 4 is 32.7 Å². The molecule has 0 aliphatic rings. The average molecular weight is 450 g/mol. The zero-order valence-electron chi connectivity index (χ0n) is 18.7. The van der Waals surface area contributed by atoms with Crippen LogP contribution < -0.4 is 0 Å². The first-order valence-corrected chi connectivity index (χ1v) is 11.5. The predicted molar refractivity (Wildman–Crippen MR) is 141 cm³/mol. The Morgan fingerprint density at radius 3 is 1.69 bits per heavy atom. The van der Waals surface area contributed by atoms with Gasteiger partial charge in [0.2, 0.25) is 0 Å². The van der Waals surface area contributed by atoms with E-state index in [1.165, 1.54) is 0 Å². The first-order valence-electron chi connectivity index (χ1n) is 11.5. The maximum absolute atomic E-state index is 6.07. The Kier molecular flexibility index (Phi) is 4.42.